The van der Waals surface area contributed by atoms with E-state index in [1.165, 1.54) is 6.20 Å². The van der Waals surface area contributed by atoms with E-state index in [9.17, 15) is 4.79 Å². The molecule has 1 aromatic heterocycles. The lowest BCUT2D eigenvalue weighted by molar-refractivity contribution is -0.121. The van der Waals surface area contributed by atoms with E-state index in [0.29, 0.717) is 16.9 Å². The Bertz CT molecular complexity index is 435. The molecule has 1 heterocycles. The number of anilines is 2. The fourth-order valence-corrected chi connectivity index (χ4v) is 1.45. The van der Waals surface area contributed by atoms with Gasteiger partial charge in [-0.3, -0.25) is 4.79 Å². The smallest absolute Gasteiger partial charge is 0.242 e. The van der Waals surface area contributed by atoms with Gasteiger partial charge in [-0.15, -0.1) is 0 Å². The average molecular weight is 256 g/mol. The number of rotatable bonds is 4. The third kappa shape index (κ3) is 3.20. The van der Waals surface area contributed by atoms with Gasteiger partial charge in [-0.25, -0.2) is 4.98 Å². The molecule has 7 heteroatoms. The first kappa shape index (κ1) is 11.9. The molecule has 2 rings (SSSR count). The van der Waals surface area contributed by atoms with Crippen LogP contribution in [0.2, 0.25) is 5.02 Å². The molecule has 1 aromatic rings. The van der Waals surface area contributed by atoms with Crippen molar-refractivity contribution in [2.45, 2.75) is 31.8 Å². The quantitative estimate of drug-likeness (QED) is 0.740. The Morgan fingerprint density at radius 1 is 1.65 bits per heavy atom. The molecule has 4 N–H and O–H groups in total. The summed E-state index contributed by atoms with van der Waals surface area (Å²) in [6.07, 6.45) is 3.51. The monoisotopic (exact) mass is 255 g/mol. The van der Waals surface area contributed by atoms with E-state index in [0.717, 1.165) is 12.8 Å². The van der Waals surface area contributed by atoms with Crippen molar-refractivity contribution in [1.29, 1.82) is 0 Å². The molecule has 0 saturated heterocycles. The standard InChI is InChI=1S/C10H14ClN5O/c1-5(9(17)15-6-2-3-6)14-8-7(11)4-13-10(12)16-8/h4-6H,2-3H2,1H3,(H,15,17)(H3,12,13,14,16). The third-order valence-corrected chi connectivity index (χ3v) is 2.71. The molecule has 6 nitrogen and oxygen atoms in total. The summed E-state index contributed by atoms with van der Waals surface area (Å²) in [4.78, 5) is 19.4. The minimum atomic E-state index is -0.414. The van der Waals surface area contributed by atoms with E-state index < -0.39 is 6.04 Å². The number of nitrogen functional groups attached to an aromatic ring is 1. The molecular weight excluding hydrogens is 242 g/mol. The van der Waals surface area contributed by atoms with Gasteiger partial charge in [0, 0.05) is 6.04 Å². The Kier molecular flexibility index (Phi) is 3.33. The van der Waals surface area contributed by atoms with Crippen LogP contribution in [-0.2, 0) is 4.79 Å². The van der Waals surface area contributed by atoms with Gasteiger partial charge < -0.3 is 16.4 Å². The normalized spacial score (nSPS) is 16.4. The first-order valence-electron chi connectivity index (χ1n) is 5.41. The number of carbonyl (C=O) groups is 1. The molecule has 1 atom stereocenters. The maximum atomic E-state index is 11.7. The molecule has 0 radical (unpaired) electrons. The molecule has 1 aliphatic rings. The lowest BCUT2D eigenvalue weighted by atomic mass is 10.3. The molecule has 92 valence electrons. The molecule has 0 aromatic carbocycles. The Morgan fingerprint density at radius 2 is 2.35 bits per heavy atom. The summed E-state index contributed by atoms with van der Waals surface area (Å²) >= 11 is 5.89. The van der Waals surface area contributed by atoms with Crippen molar-refractivity contribution in [1.82, 2.24) is 15.3 Å². The predicted octanol–water partition coefficient (Wildman–Crippen LogP) is 0.791. The second-order valence-electron chi connectivity index (χ2n) is 4.07. The van der Waals surface area contributed by atoms with Crippen LogP contribution in [-0.4, -0.2) is 28.0 Å². The summed E-state index contributed by atoms with van der Waals surface area (Å²) in [6.45, 7) is 1.74. The predicted molar refractivity (Wildman–Crippen MR) is 65.7 cm³/mol. The van der Waals surface area contributed by atoms with Crippen LogP contribution < -0.4 is 16.4 Å². The number of aromatic nitrogens is 2. The van der Waals surface area contributed by atoms with Crippen molar-refractivity contribution in [3.05, 3.63) is 11.2 Å². The van der Waals surface area contributed by atoms with Crippen molar-refractivity contribution in [2.24, 2.45) is 0 Å². The maximum Gasteiger partial charge on any atom is 0.242 e. The van der Waals surface area contributed by atoms with Crippen molar-refractivity contribution < 1.29 is 4.79 Å². The number of halogens is 1. The molecule has 0 aliphatic heterocycles. The molecule has 1 saturated carbocycles. The van der Waals surface area contributed by atoms with Crippen LogP contribution in [0.15, 0.2) is 6.20 Å². The number of nitrogens with one attached hydrogen (secondary N) is 2. The van der Waals surface area contributed by atoms with Gasteiger partial charge in [0.25, 0.3) is 0 Å². The SMILES string of the molecule is CC(Nc1nc(N)ncc1Cl)C(=O)NC1CC1. The zero-order chi connectivity index (χ0) is 12.4. The second-order valence-corrected chi connectivity index (χ2v) is 4.48. The van der Waals surface area contributed by atoms with Crippen LogP contribution in [0.5, 0.6) is 0 Å². The van der Waals surface area contributed by atoms with E-state index in [1.807, 2.05) is 0 Å². The Hall–Kier alpha value is -1.56. The number of hydrogen-bond acceptors (Lipinski definition) is 5. The average Bonchev–Trinajstić information content (AvgIpc) is 3.07. The summed E-state index contributed by atoms with van der Waals surface area (Å²) in [6, 6.07) is -0.0832. The highest BCUT2D eigenvalue weighted by molar-refractivity contribution is 6.32. The Labute approximate surface area is 104 Å². The third-order valence-electron chi connectivity index (χ3n) is 2.43. The number of carbonyl (C=O) groups excluding carboxylic acids is 1. The van der Waals surface area contributed by atoms with Gasteiger partial charge in [0.1, 0.15) is 11.1 Å². The molecule has 1 unspecified atom stereocenters. The minimum Gasteiger partial charge on any atom is -0.368 e. The first-order chi connectivity index (χ1) is 8.06. The first-order valence-corrected chi connectivity index (χ1v) is 5.79. The zero-order valence-corrected chi connectivity index (χ0v) is 10.2. The maximum absolute atomic E-state index is 11.7. The van der Waals surface area contributed by atoms with Crippen molar-refractivity contribution >= 4 is 29.3 Å². The summed E-state index contributed by atoms with van der Waals surface area (Å²) in [5.41, 5.74) is 5.45. The molecular formula is C10H14ClN5O. The summed E-state index contributed by atoms with van der Waals surface area (Å²) in [7, 11) is 0. The van der Waals surface area contributed by atoms with Gasteiger partial charge in [0.2, 0.25) is 11.9 Å². The van der Waals surface area contributed by atoms with E-state index in [-0.39, 0.29) is 11.9 Å². The highest BCUT2D eigenvalue weighted by Crippen LogP contribution is 2.21. The second kappa shape index (κ2) is 4.75. The van der Waals surface area contributed by atoms with Gasteiger partial charge in [-0.1, -0.05) is 11.6 Å². The highest BCUT2D eigenvalue weighted by atomic mass is 35.5. The lowest BCUT2D eigenvalue weighted by Gasteiger charge is -2.15. The number of hydrogen-bond donors (Lipinski definition) is 3. The number of nitrogens with zero attached hydrogens (tertiary/aromatic N) is 2. The van der Waals surface area contributed by atoms with Gasteiger partial charge in [0.05, 0.1) is 6.20 Å². The number of amides is 1. The lowest BCUT2D eigenvalue weighted by Crippen LogP contribution is -2.38. The van der Waals surface area contributed by atoms with Gasteiger partial charge in [-0.2, -0.15) is 4.98 Å². The van der Waals surface area contributed by atoms with Crippen molar-refractivity contribution in [3.63, 3.8) is 0 Å². The van der Waals surface area contributed by atoms with Crippen molar-refractivity contribution in [3.8, 4) is 0 Å². The van der Waals surface area contributed by atoms with E-state index >= 15 is 0 Å². The van der Waals surface area contributed by atoms with E-state index in [4.69, 9.17) is 17.3 Å². The van der Waals surface area contributed by atoms with Crippen molar-refractivity contribution in [2.75, 3.05) is 11.1 Å². The van der Waals surface area contributed by atoms with E-state index in [1.54, 1.807) is 6.92 Å². The summed E-state index contributed by atoms with van der Waals surface area (Å²) < 4.78 is 0. The minimum absolute atomic E-state index is 0.0687. The highest BCUT2D eigenvalue weighted by Gasteiger charge is 2.25. The summed E-state index contributed by atoms with van der Waals surface area (Å²) in [5.74, 6) is 0.421. The molecule has 0 spiro atoms. The van der Waals surface area contributed by atoms with Gasteiger partial charge in [-0.05, 0) is 19.8 Å². The number of nitrogens with two attached hydrogens (primary N) is 1. The molecule has 1 aliphatic carbocycles. The zero-order valence-electron chi connectivity index (χ0n) is 9.40. The van der Waals surface area contributed by atoms with Crippen LogP contribution >= 0.6 is 11.6 Å². The molecule has 17 heavy (non-hydrogen) atoms. The van der Waals surface area contributed by atoms with Gasteiger partial charge in [0.15, 0.2) is 5.82 Å². The van der Waals surface area contributed by atoms with E-state index in [2.05, 4.69) is 20.6 Å². The Morgan fingerprint density at radius 3 is 3.00 bits per heavy atom. The molecule has 1 amide bonds. The van der Waals surface area contributed by atoms with Crippen LogP contribution in [0.3, 0.4) is 0 Å². The summed E-state index contributed by atoms with van der Waals surface area (Å²) in [5, 5.41) is 6.14. The van der Waals surface area contributed by atoms with Gasteiger partial charge >= 0.3 is 0 Å². The fourth-order valence-electron chi connectivity index (χ4n) is 1.31. The fraction of sp³-hybridized carbons (Fsp3) is 0.500. The van der Waals surface area contributed by atoms with Crippen LogP contribution in [0, 0.1) is 0 Å². The van der Waals surface area contributed by atoms with Crippen LogP contribution in [0.1, 0.15) is 19.8 Å². The largest absolute Gasteiger partial charge is 0.368 e. The Balaban J connectivity index is 1.98. The topological polar surface area (TPSA) is 92.9 Å². The molecule has 1 fully saturated rings. The molecule has 0 bridgehead atoms. The van der Waals surface area contributed by atoms with Crippen LogP contribution in [0.25, 0.3) is 0 Å². The van der Waals surface area contributed by atoms with Crippen LogP contribution in [0.4, 0.5) is 11.8 Å².